The van der Waals surface area contributed by atoms with E-state index in [1.807, 2.05) is 0 Å². The summed E-state index contributed by atoms with van der Waals surface area (Å²) in [6, 6.07) is 2.94. The highest BCUT2D eigenvalue weighted by Gasteiger charge is 2.35. The van der Waals surface area contributed by atoms with Gasteiger partial charge in [-0.3, -0.25) is 19.3 Å². The average molecular weight is 384 g/mol. The Hall–Kier alpha value is -2.07. The summed E-state index contributed by atoms with van der Waals surface area (Å²) in [5, 5.41) is 2.19. The number of amides is 3. The van der Waals surface area contributed by atoms with Crippen molar-refractivity contribution in [1.82, 2.24) is 10.2 Å². The highest BCUT2D eigenvalue weighted by atomic mass is 32.2. The minimum Gasteiger partial charge on any atom is -0.465 e. The molecule has 0 radical (unpaired) electrons. The van der Waals surface area contributed by atoms with Gasteiger partial charge >= 0.3 is 0 Å². The molecule has 2 saturated heterocycles. The highest BCUT2D eigenvalue weighted by Crippen LogP contribution is 2.32. The maximum Gasteiger partial charge on any atom is 0.293 e. The second-order valence-corrected chi connectivity index (χ2v) is 8.99. The molecule has 1 N–H and O–H groups in total. The summed E-state index contributed by atoms with van der Waals surface area (Å²) >= 11 is 0.792. The first kappa shape index (κ1) is 17.7. The van der Waals surface area contributed by atoms with Gasteiger partial charge in [-0.25, -0.2) is 8.42 Å². The van der Waals surface area contributed by atoms with Gasteiger partial charge in [0.05, 0.1) is 22.7 Å². The molecule has 3 heterocycles. The third-order valence-corrected chi connectivity index (χ3v) is 6.53. The van der Waals surface area contributed by atoms with Crippen LogP contribution >= 0.6 is 11.8 Å². The third-order valence-electron chi connectivity index (χ3n) is 3.85. The van der Waals surface area contributed by atoms with Crippen LogP contribution in [0.25, 0.3) is 6.08 Å². The van der Waals surface area contributed by atoms with E-state index in [1.54, 1.807) is 12.1 Å². The Morgan fingerprint density at radius 3 is 2.88 bits per heavy atom. The Kier molecular flexibility index (Phi) is 5.00. The van der Waals surface area contributed by atoms with Gasteiger partial charge in [0.25, 0.3) is 11.1 Å². The summed E-state index contributed by atoms with van der Waals surface area (Å²) in [7, 11) is -3.07. The number of furan rings is 1. The molecule has 134 valence electrons. The first-order chi connectivity index (χ1) is 11.8. The van der Waals surface area contributed by atoms with Crippen LogP contribution in [0.15, 0.2) is 27.7 Å². The standard InChI is InChI=1S/C15H16N2O6S2/c18-13(16-10-4-7-25(21,22)9-10)3-5-17-14(19)12(24-15(17)20)8-11-2-1-6-23-11/h1-2,6,8,10H,3-5,7,9H2,(H,16,18)/b12-8-/t10-/m0/s1. The molecule has 1 aromatic rings. The molecule has 8 nitrogen and oxygen atoms in total. The monoisotopic (exact) mass is 384 g/mol. The topological polar surface area (TPSA) is 114 Å². The van der Waals surface area contributed by atoms with E-state index in [9.17, 15) is 22.8 Å². The van der Waals surface area contributed by atoms with Crippen LogP contribution in [0.2, 0.25) is 0 Å². The Morgan fingerprint density at radius 1 is 1.44 bits per heavy atom. The molecular formula is C15H16N2O6S2. The zero-order valence-electron chi connectivity index (χ0n) is 13.1. The Labute approximate surface area is 148 Å². The number of carbonyl (C=O) groups excluding carboxylic acids is 3. The van der Waals surface area contributed by atoms with Crippen molar-refractivity contribution in [2.24, 2.45) is 0 Å². The summed E-state index contributed by atoms with van der Waals surface area (Å²) in [6.45, 7) is -0.0501. The quantitative estimate of drug-likeness (QED) is 0.754. The van der Waals surface area contributed by atoms with E-state index in [0.717, 1.165) is 16.7 Å². The lowest BCUT2D eigenvalue weighted by Crippen LogP contribution is -2.38. The summed E-state index contributed by atoms with van der Waals surface area (Å²) < 4.78 is 27.9. The number of hydrogen-bond donors (Lipinski definition) is 1. The van der Waals surface area contributed by atoms with Crippen molar-refractivity contribution < 1.29 is 27.2 Å². The van der Waals surface area contributed by atoms with Crippen LogP contribution in [-0.4, -0.2) is 54.5 Å². The molecule has 1 aromatic heterocycles. The molecule has 0 spiro atoms. The Morgan fingerprint density at radius 2 is 2.24 bits per heavy atom. The van der Waals surface area contributed by atoms with E-state index in [0.29, 0.717) is 12.2 Å². The molecule has 0 aliphatic carbocycles. The SMILES string of the molecule is O=C(CCN1C(=O)S/C(=C\c2ccco2)C1=O)N[C@H]1CCS(=O)(=O)C1. The third kappa shape index (κ3) is 4.31. The molecule has 3 rings (SSSR count). The number of nitrogens with one attached hydrogen (secondary N) is 1. The van der Waals surface area contributed by atoms with Crippen LogP contribution in [0.3, 0.4) is 0 Å². The molecule has 25 heavy (non-hydrogen) atoms. The van der Waals surface area contributed by atoms with Gasteiger partial charge in [0.1, 0.15) is 5.76 Å². The van der Waals surface area contributed by atoms with Gasteiger partial charge in [-0.15, -0.1) is 0 Å². The first-order valence-corrected chi connectivity index (χ1v) is 10.3. The molecular weight excluding hydrogens is 368 g/mol. The minimum atomic E-state index is -3.07. The molecule has 3 amide bonds. The number of thioether (sulfide) groups is 1. The van der Waals surface area contributed by atoms with Gasteiger partial charge in [0.2, 0.25) is 5.91 Å². The van der Waals surface area contributed by atoms with Crippen LogP contribution in [0, 0.1) is 0 Å². The van der Waals surface area contributed by atoms with E-state index in [1.165, 1.54) is 12.3 Å². The smallest absolute Gasteiger partial charge is 0.293 e. The van der Waals surface area contributed by atoms with Gasteiger partial charge in [0.15, 0.2) is 9.84 Å². The fourth-order valence-electron chi connectivity index (χ4n) is 2.62. The van der Waals surface area contributed by atoms with Gasteiger partial charge < -0.3 is 9.73 Å². The molecule has 2 aliphatic rings. The van der Waals surface area contributed by atoms with Crippen molar-refractivity contribution in [2.45, 2.75) is 18.9 Å². The normalized spacial score (nSPS) is 24.2. The maximum absolute atomic E-state index is 12.2. The maximum atomic E-state index is 12.2. The van der Waals surface area contributed by atoms with Crippen molar-refractivity contribution >= 4 is 44.7 Å². The molecule has 0 aromatic carbocycles. The van der Waals surface area contributed by atoms with Gasteiger partial charge in [-0.2, -0.15) is 0 Å². The molecule has 2 fully saturated rings. The summed E-state index contributed by atoms with van der Waals surface area (Å²) in [5.74, 6) is -0.380. The number of carbonyl (C=O) groups is 3. The zero-order chi connectivity index (χ0) is 18.0. The van der Waals surface area contributed by atoms with Crippen LogP contribution in [-0.2, 0) is 19.4 Å². The number of hydrogen-bond acceptors (Lipinski definition) is 7. The van der Waals surface area contributed by atoms with Crippen molar-refractivity contribution in [1.29, 1.82) is 0 Å². The van der Waals surface area contributed by atoms with Crippen molar-refractivity contribution in [2.75, 3.05) is 18.1 Å². The lowest BCUT2D eigenvalue weighted by molar-refractivity contribution is -0.124. The summed E-state index contributed by atoms with van der Waals surface area (Å²) in [4.78, 5) is 37.4. The fraction of sp³-hybridized carbons (Fsp3) is 0.400. The molecule has 2 aliphatic heterocycles. The van der Waals surface area contributed by atoms with E-state index < -0.39 is 27.0 Å². The van der Waals surface area contributed by atoms with Crippen molar-refractivity contribution in [3.63, 3.8) is 0 Å². The molecule has 10 heteroatoms. The van der Waals surface area contributed by atoms with E-state index in [-0.39, 0.29) is 35.3 Å². The Balaban J connectivity index is 1.53. The van der Waals surface area contributed by atoms with Crippen LogP contribution in [0.5, 0.6) is 0 Å². The Bertz CT molecular complexity index is 828. The minimum absolute atomic E-state index is 0.0501. The lowest BCUT2D eigenvalue weighted by Gasteiger charge is -2.14. The van der Waals surface area contributed by atoms with E-state index in [2.05, 4.69) is 5.32 Å². The fourth-order valence-corrected chi connectivity index (χ4v) is 5.14. The number of nitrogens with zero attached hydrogens (tertiary/aromatic N) is 1. The second kappa shape index (κ2) is 7.04. The molecule has 0 unspecified atom stereocenters. The number of sulfone groups is 1. The average Bonchev–Trinajstić information content (AvgIpc) is 3.21. The molecule has 0 saturated carbocycles. The highest BCUT2D eigenvalue weighted by molar-refractivity contribution is 8.18. The van der Waals surface area contributed by atoms with Crippen LogP contribution < -0.4 is 5.32 Å². The lowest BCUT2D eigenvalue weighted by atomic mass is 10.2. The van der Waals surface area contributed by atoms with E-state index >= 15 is 0 Å². The first-order valence-electron chi connectivity index (χ1n) is 7.63. The van der Waals surface area contributed by atoms with Gasteiger partial charge in [0, 0.05) is 25.1 Å². The number of imide groups is 1. The van der Waals surface area contributed by atoms with Gasteiger partial charge in [-0.05, 0) is 30.3 Å². The molecule has 0 bridgehead atoms. The number of rotatable bonds is 5. The predicted octanol–water partition coefficient (Wildman–Crippen LogP) is 1.01. The second-order valence-electron chi connectivity index (χ2n) is 5.77. The van der Waals surface area contributed by atoms with Crippen molar-refractivity contribution in [3.05, 3.63) is 29.1 Å². The zero-order valence-corrected chi connectivity index (χ0v) is 14.8. The summed E-state index contributed by atoms with van der Waals surface area (Å²) in [5.41, 5.74) is 0. The predicted molar refractivity (Wildman–Crippen MR) is 91.2 cm³/mol. The van der Waals surface area contributed by atoms with Gasteiger partial charge in [-0.1, -0.05) is 0 Å². The van der Waals surface area contributed by atoms with Crippen molar-refractivity contribution in [3.8, 4) is 0 Å². The van der Waals surface area contributed by atoms with E-state index in [4.69, 9.17) is 4.42 Å². The summed E-state index contributed by atoms with van der Waals surface area (Å²) in [6.07, 6.45) is 3.27. The van der Waals surface area contributed by atoms with Crippen LogP contribution in [0.1, 0.15) is 18.6 Å². The largest absolute Gasteiger partial charge is 0.465 e. The molecule has 1 atom stereocenters. The van der Waals surface area contributed by atoms with Crippen LogP contribution in [0.4, 0.5) is 4.79 Å².